The van der Waals surface area contributed by atoms with Gasteiger partial charge in [-0.3, -0.25) is 14.4 Å². The van der Waals surface area contributed by atoms with Gasteiger partial charge in [0.05, 0.1) is 11.1 Å². The lowest BCUT2D eigenvalue weighted by Gasteiger charge is -2.46. The van der Waals surface area contributed by atoms with Crippen LogP contribution in [0.25, 0.3) is 5.76 Å². The second-order valence-corrected chi connectivity index (χ2v) is 10.3. The second kappa shape index (κ2) is 8.93. The van der Waals surface area contributed by atoms with Gasteiger partial charge in [-0.25, -0.2) is 0 Å². The molecule has 0 aliphatic heterocycles. The number of nitrogens with two attached hydrogens (primary N) is 1. The van der Waals surface area contributed by atoms with Crippen LogP contribution in [0.5, 0.6) is 5.75 Å². The molecular weight excluding hydrogens is 474 g/mol. The molecular formula is C29H29NO7. The number of aliphatic hydroxyl groups excluding tert-OH is 2. The Morgan fingerprint density at radius 3 is 2.57 bits per heavy atom. The number of phenols is 1. The van der Waals surface area contributed by atoms with Gasteiger partial charge in [-0.2, -0.15) is 0 Å². The smallest absolute Gasteiger partial charge is 0.255 e. The minimum Gasteiger partial charge on any atom is -0.508 e. The van der Waals surface area contributed by atoms with Gasteiger partial charge in [0.2, 0.25) is 5.78 Å². The third-order valence-corrected chi connectivity index (χ3v) is 8.19. The zero-order chi connectivity index (χ0) is 26.6. The van der Waals surface area contributed by atoms with E-state index in [0.717, 1.165) is 36.8 Å². The molecule has 3 atom stereocenters. The summed E-state index contributed by atoms with van der Waals surface area (Å²) in [4.78, 5) is 37.9. The summed E-state index contributed by atoms with van der Waals surface area (Å²) >= 11 is 0. The zero-order valence-electron chi connectivity index (χ0n) is 20.6. The summed E-state index contributed by atoms with van der Waals surface area (Å²) in [6.07, 6.45) is 6.78. The number of carbonyl (C=O) groups is 3. The first-order valence-electron chi connectivity index (χ1n) is 12.7. The summed E-state index contributed by atoms with van der Waals surface area (Å²) in [6, 6.07) is 1.81. The molecule has 0 aromatic heterocycles. The number of benzene rings is 1. The number of hydrogen-bond acceptors (Lipinski definition) is 7. The van der Waals surface area contributed by atoms with Crippen LogP contribution in [0.2, 0.25) is 0 Å². The first kappa shape index (κ1) is 24.8. The molecule has 4 aliphatic rings. The molecule has 5 rings (SSSR count). The Morgan fingerprint density at radius 2 is 1.92 bits per heavy atom. The van der Waals surface area contributed by atoms with E-state index in [2.05, 4.69) is 17.9 Å². The molecule has 4 aliphatic carbocycles. The number of Topliss-reactive ketones (excluding diaryl/α,β-unsaturated/α-hetero) is 2. The number of primary amides is 1. The number of aromatic hydroxyl groups is 1. The first-order chi connectivity index (χ1) is 17.6. The van der Waals surface area contributed by atoms with Crippen LogP contribution in [-0.2, 0) is 27.2 Å². The van der Waals surface area contributed by atoms with Crippen molar-refractivity contribution in [2.24, 2.45) is 17.6 Å². The van der Waals surface area contributed by atoms with Crippen LogP contribution in [0.3, 0.4) is 0 Å². The average Bonchev–Trinajstić information content (AvgIpc) is 2.86. The maximum atomic E-state index is 13.7. The summed E-state index contributed by atoms with van der Waals surface area (Å²) in [7, 11) is 0. The summed E-state index contributed by atoms with van der Waals surface area (Å²) in [6.45, 7) is 1.95. The molecule has 1 saturated carbocycles. The summed E-state index contributed by atoms with van der Waals surface area (Å²) in [5, 5.41) is 44.6. The van der Waals surface area contributed by atoms with Crippen molar-refractivity contribution in [3.05, 3.63) is 56.9 Å². The minimum atomic E-state index is -2.57. The lowest BCUT2D eigenvalue weighted by molar-refractivity contribution is -0.147. The van der Waals surface area contributed by atoms with E-state index >= 15 is 0 Å². The van der Waals surface area contributed by atoms with Crippen LogP contribution in [0, 0.1) is 23.7 Å². The van der Waals surface area contributed by atoms with Gasteiger partial charge >= 0.3 is 0 Å². The van der Waals surface area contributed by atoms with Crippen LogP contribution in [0.1, 0.15) is 67.7 Å². The lowest BCUT2D eigenvalue weighted by atomic mass is 9.59. The second-order valence-electron chi connectivity index (χ2n) is 10.3. The fourth-order valence-corrected chi connectivity index (χ4v) is 6.28. The number of ketones is 2. The molecule has 3 unspecified atom stereocenters. The van der Waals surface area contributed by atoms with Gasteiger partial charge in [-0.1, -0.05) is 24.8 Å². The van der Waals surface area contributed by atoms with Crippen molar-refractivity contribution >= 4 is 23.2 Å². The molecule has 8 nitrogen and oxygen atoms in total. The van der Waals surface area contributed by atoms with E-state index in [-0.39, 0.29) is 29.7 Å². The Hall–Kier alpha value is -3.83. The SMILES string of the molecule is CCc1cc(C#CC2=CCCCC2)c(O)c2c1CC1CC3CC(=O)C(C(N)=O)=C(O)C3(O)C(=O)C1=C2O. The largest absolute Gasteiger partial charge is 0.508 e. The highest BCUT2D eigenvalue weighted by Gasteiger charge is 2.60. The monoisotopic (exact) mass is 503 g/mol. The third-order valence-electron chi connectivity index (χ3n) is 8.19. The Labute approximate surface area is 214 Å². The van der Waals surface area contributed by atoms with Gasteiger partial charge in [0, 0.05) is 17.9 Å². The standard InChI is InChI=1S/C29H29NO7/c1-2-15-10-16(9-8-14-6-4-3-5-7-14)24(32)22-19(15)12-17-11-18-13-20(31)23(28(30)36)27(35)29(18,37)26(34)21(17)25(22)33/h6,10,17-18,32-33,35,37H,2-5,7,11-13H2,1H3,(H2,30,36). The number of hydrogen-bond donors (Lipinski definition) is 5. The number of phenolic OH excluding ortho intramolecular Hbond substituents is 1. The van der Waals surface area contributed by atoms with E-state index in [1.54, 1.807) is 0 Å². The van der Waals surface area contributed by atoms with Crippen LogP contribution < -0.4 is 5.73 Å². The van der Waals surface area contributed by atoms with Crippen molar-refractivity contribution < 1.29 is 34.8 Å². The average molecular weight is 504 g/mol. The number of allylic oxidation sites excluding steroid dienone is 2. The van der Waals surface area contributed by atoms with Crippen molar-refractivity contribution in [1.29, 1.82) is 0 Å². The van der Waals surface area contributed by atoms with E-state index < -0.39 is 52.0 Å². The van der Waals surface area contributed by atoms with E-state index in [9.17, 15) is 34.8 Å². The number of rotatable bonds is 2. The van der Waals surface area contributed by atoms with Gasteiger partial charge in [-0.05, 0) is 73.6 Å². The maximum Gasteiger partial charge on any atom is 0.255 e. The van der Waals surface area contributed by atoms with Gasteiger partial charge in [0.1, 0.15) is 22.8 Å². The molecule has 8 heteroatoms. The molecule has 1 aromatic rings. The Bertz CT molecular complexity index is 1420. The molecule has 0 radical (unpaired) electrons. The van der Waals surface area contributed by atoms with E-state index in [0.29, 0.717) is 24.0 Å². The van der Waals surface area contributed by atoms with Crippen LogP contribution in [-0.4, -0.2) is 43.5 Å². The summed E-state index contributed by atoms with van der Waals surface area (Å²) in [5.41, 5.74) is 4.70. The van der Waals surface area contributed by atoms with Gasteiger partial charge in [-0.15, -0.1) is 0 Å². The Balaban J connectivity index is 1.66. The highest BCUT2D eigenvalue weighted by molar-refractivity contribution is 6.22. The molecule has 6 N–H and O–H groups in total. The topological polar surface area (TPSA) is 158 Å². The van der Waals surface area contributed by atoms with Crippen LogP contribution in [0.4, 0.5) is 0 Å². The molecule has 1 amide bonds. The number of fused-ring (bicyclic) bond motifs is 3. The van der Waals surface area contributed by atoms with Crippen LogP contribution in [0.15, 0.2) is 34.6 Å². The molecule has 37 heavy (non-hydrogen) atoms. The predicted molar refractivity (Wildman–Crippen MR) is 134 cm³/mol. The minimum absolute atomic E-state index is 0.0911. The van der Waals surface area contributed by atoms with E-state index in [1.165, 1.54) is 0 Å². The summed E-state index contributed by atoms with van der Waals surface area (Å²) < 4.78 is 0. The van der Waals surface area contributed by atoms with Gasteiger partial charge in [0.15, 0.2) is 11.4 Å². The Kier molecular flexibility index (Phi) is 5.99. The number of amides is 1. The molecule has 0 spiro atoms. The van der Waals surface area contributed by atoms with Crippen molar-refractivity contribution in [2.45, 2.75) is 63.9 Å². The van der Waals surface area contributed by atoms with Crippen LogP contribution >= 0.6 is 0 Å². The van der Waals surface area contributed by atoms with Gasteiger partial charge < -0.3 is 26.2 Å². The fraction of sp³-hybridized carbons (Fsp3) is 0.414. The first-order valence-corrected chi connectivity index (χ1v) is 12.7. The number of carbonyl (C=O) groups excluding carboxylic acids is 3. The number of aliphatic hydroxyl groups is 3. The number of aryl methyl sites for hydroxylation is 1. The lowest BCUT2D eigenvalue weighted by Crippen LogP contribution is -2.58. The molecule has 1 aromatic carbocycles. The third kappa shape index (κ3) is 3.68. The highest BCUT2D eigenvalue weighted by atomic mass is 16.3. The van der Waals surface area contributed by atoms with Crippen molar-refractivity contribution in [1.82, 2.24) is 0 Å². The van der Waals surface area contributed by atoms with Crippen molar-refractivity contribution in [2.75, 3.05) is 0 Å². The van der Waals surface area contributed by atoms with E-state index in [4.69, 9.17) is 5.73 Å². The quantitative estimate of drug-likeness (QED) is 0.307. The highest BCUT2D eigenvalue weighted by Crippen LogP contribution is 2.52. The molecule has 0 heterocycles. The molecule has 1 fully saturated rings. The summed E-state index contributed by atoms with van der Waals surface area (Å²) in [5.74, 6) is -0.168. The predicted octanol–water partition coefficient (Wildman–Crippen LogP) is 2.84. The molecule has 0 bridgehead atoms. The molecule has 192 valence electrons. The molecule has 0 saturated heterocycles. The maximum absolute atomic E-state index is 13.7. The Morgan fingerprint density at radius 1 is 1.16 bits per heavy atom. The fourth-order valence-electron chi connectivity index (χ4n) is 6.28. The van der Waals surface area contributed by atoms with Crippen molar-refractivity contribution in [3.63, 3.8) is 0 Å². The zero-order valence-corrected chi connectivity index (χ0v) is 20.6. The van der Waals surface area contributed by atoms with Crippen molar-refractivity contribution in [3.8, 4) is 17.6 Å². The van der Waals surface area contributed by atoms with Gasteiger partial charge in [0.25, 0.3) is 5.91 Å². The van der Waals surface area contributed by atoms with E-state index in [1.807, 2.05) is 13.0 Å². The normalized spacial score (nSPS) is 27.0.